The Morgan fingerprint density at radius 1 is 0.788 bits per heavy atom. The van der Waals surface area contributed by atoms with E-state index in [4.69, 9.17) is 0 Å². The van der Waals surface area contributed by atoms with Gasteiger partial charge in [0.15, 0.2) is 0 Å². The molecule has 4 heteroatoms. The van der Waals surface area contributed by atoms with Crippen molar-refractivity contribution in [3.05, 3.63) is 106 Å². The number of rotatable bonds is 5. The Bertz CT molecular complexity index is 1230. The number of hydrogen-bond acceptors (Lipinski definition) is 3. The van der Waals surface area contributed by atoms with Crippen molar-refractivity contribution in [1.82, 2.24) is 0 Å². The van der Waals surface area contributed by atoms with Crippen LogP contribution in [0.5, 0.6) is 0 Å². The van der Waals surface area contributed by atoms with Crippen LogP contribution in [0, 0.1) is 13.8 Å². The zero-order chi connectivity index (χ0) is 23.8. The van der Waals surface area contributed by atoms with E-state index in [-0.39, 0.29) is 17.2 Å². The largest absolute Gasteiger partial charge is 0.272 e. The third-order valence-corrected chi connectivity index (χ3v) is 7.20. The SMILES string of the molecule is Cc1ccc(C2=C(SCc3ccccc3)C(=O)N(c3ccc(C(C)(C)C)cc3)C2=O)cc1C. The summed E-state index contributed by atoms with van der Waals surface area (Å²) in [5.41, 5.74) is 6.41. The molecular formula is C29H29NO2S. The Balaban J connectivity index is 1.74. The Kier molecular flexibility index (Phi) is 6.31. The minimum atomic E-state index is -0.262. The predicted octanol–water partition coefficient (Wildman–Crippen LogP) is 6.82. The number of carbonyl (C=O) groups is 2. The summed E-state index contributed by atoms with van der Waals surface area (Å²) < 4.78 is 0. The number of carbonyl (C=O) groups excluding carboxylic acids is 2. The molecule has 1 aliphatic heterocycles. The van der Waals surface area contributed by atoms with Crippen LogP contribution in [-0.4, -0.2) is 11.8 Å². The highest BCUT2D eigenvalue weighted by Crippen LogP contribution is 2.40. The van der Waals surface area contributed by atoms with Gasteiger partial charge < -0.3 is 0 Å². The minimum absolute atomic E-state index is 0.00289. The number of aryl methyl sites for hydroxylation is 2. The van der Waals surface area contributed by atoms with Crippen LogP contribution >= 0.6 is 11.8 Å². The van der Waals surface area contributed by atoms with Gasteiger partial charge in [0.25, 0.3) is 11.8 Å². The molecule has 4 rings (SSSR count). The number of nitrogens with zero attached hydrogens (tertiary/aromatic N) is 1. The molecule has 0 spiro atoms. The molecule has 0 saturated carbocycles. The molecule has 0 saturated heterocycles. The Morgan fingerprint density at radius 2 is 1.45 bits per heavy atom. The van der Waals surface area contributed by atoms with Gasteiger partial charge in [-0.3, -0.25) is 9.59 Å². The van der Waals surface area contributed by atoms with E-state index in [0.717, 1.165) is 27.8 Å². The maximum Gasteiger partial charge on any atom is 0.272 e. The maximum atomic E-state index is 13.7. The van der Waals surface area contributed by atoms with E-state index >= 15 is 0 Å². The van der Waals surface area contributed by atoms with Gasteiger partial charge in [0.05, 0.1) is 16.2 Å². The lowest BCUT2D eigenvalue weighted by atomic mass is 9.87. The van der Waals surface area contributed by atoms with E-state index in [1.54, 1.807) is 0 Å². The average molecular weight is 456 g/mol. The van der Waals surface area contributed by atoms with Crippen molar-refractivity contribution in [1.29, 1.82) is 0 Å². The van der Waals surface area contributed by atoms with Gasteiger partial charge in [-0.2, -0.15) is 0 Å². The van der Waals surface area contributed by atoms with Crippen molar-refractivity contribution in [2.75, 3.05) is 4.90 Å². The molecule has 168 valence electrons. The lowest BCUT2D eigenvalue weighted by Gasteiger charge is -2.21. The molecule has 2 amide bonds. The van der Waals surface area contributed by atoms with Crippen molar-refractivity contribution < 1.29 is 9.59 Å². The maximum absolute atomic E-state index is 13.7. The Hall–Kier alpha value is -3.11. The van der Waals surface area contributed by atoms with Gasteiger partial charge in [-0.15, -0.1) is 11.8 Å². The molecule has 3 aromatic rings. The molecule has 0 N–H and O–H groups in total. The summed E-state index contributed by atoms with van der Waals surface area (Å²) in [4.78, 5) is 29.1. The van der Waals surface area contributed by atoms with Crippen molar-refractivity contribution in [3.8, 4) is 0 Å². The summed E-state index contributed by atoms with van der Waals surface area (Å²) >= 11 is 1.44. The van der Waals surface area contributed by atoms with Crippen LogP contribution in [0.3, 0.4) is 0 Å². The lowest BCUT2D eigenvalue weighted by Crippen LogP contribution is -2.31. The fourth-order valence-electron chi connectivity index (χ4n) is 3.87. The first-order valence-corrected chi connectivity index (χ1v) is 12.1. The summed E-state index contributed by atoms with van der Waals surface area (Å²) in [5, 5.41) is 0. The molecule has 0 aliphatic carbocycles. The molecule has 0 fully saturated rings. The quantitative estimate of drug-likeness (QED) is 0.396. The lowest BCUT2D eigenvalue weighted by molar-refractivity contribution is -0.119. The highest BCUT2D eigenvalue weighted by molar-refractivity contribution is 8.03. The van der Waals surface area contributed by atoms with Crippen LogP contribution in [-0.2, 0) is 20.8 Å². The van der Waals surface area contributed by atoms with Gasteiger partial charge in [-0.1, -0.05) is 81.4 Å². The zero-order valence-corrected chi connectivity index (χ0v) is 20.6. The van der Waals surface area contributed by atoms with Gasteiger partial charge in [0.1, 0.15) is 0 Å². The third-order valence-electron chi connectivity index (χ3n) is 6.05. The van der Waals surface area contributed by atoms with Crippen LogP contribution in [0.2, 0.25) is 0 Å². The van der Waals surface area contributed by atoms with E-state index < -0.39 is 0 Å². The predicted molar refractivity (Wildman–Crippen MR) is 138 cm³/mol. The van der Waals surface area contributed by atoms with Gasteiger partial charge >= 0.3 is 0 Å². The molecule has 0 bridgehead atoms. The fraction of sp³-hybridized carbons (Fsp3) is 0.241. The van der Waals surface area contributed by atoms with Crippen molar-refractivity contribution >= 4 is 34.8 Å². The number of imide groups is 1. The molecular weight excluding hydrogens is 426 g/mol. The topological polar surface area (TPSA) is 37.4 Å². The molecule has 1 heterocycles. The smallest absolute Gasteiger partial charge is 0.268 e. The molecule has 3 aromatic carbocycles. The molecule has 0 aromatic heterocycles. The summed E-state index contributed by atoms with van der Waals surface area (Å²) in [6.07, 6.45) is 0. The highest BCUT2D eigenvalue weighted by Gasteiger charge is 2.40. The van der Waals surface area contributed by atoms with Crippen LogP contribution < -0.4 is 4.90 Å². The van der Waals surface area contributed by atoms with Crippen molar-refractivity contribution in [2.45, 2.75) is 45.8 Å². The molecule has 0 atom stereocenters. The first kappa shape index (κ1) is 23.1. The molecule has 3 nitrogen and oxygen atoms in total. The van der Waals surface area contributed by atoms with Gasteiger partial charge in [-0.05, 0) is 59.2 Å². The minimum Gasteiger partial charge on any atom is -0.268 e. The van der Waals surface area contributed by atoms with Gasteiger partial charge in [0, 0.05) is 5.75 Å². The summed E-state index contributed by atoms with van der Waals surface area (Å²) in [5.74, 6) is 0.111. The van der Waals surface area contributed by atoms with E-state index in [1.807, 2.05) is 86.6 Å². The standard InChI is InChI=1S/C29H29NO2S/c1-19-11-12-22(17-20(19)2)25-26(33-18-21-9-7-6-8-10-21)28(32)30(27(25)31)24-15-13-23(14-16-24)29(3,4)5/h6-17H,18H2,1-5H3. The van der Waals surface area contributed by atoms with Crippen LogP contribution in [0.15, 0.2) is 77.7 Å². The van der Waals surface area contributed by atoms with Crippen LogP contribution in [0.4, 0.5) is 5.69 Å². The summed E-state index contributed by atoms with van der Waals surface area (Å²) in [6.45, 7) is 10.5. The van der Waals surface area contributed by atoms with E-state index in [9.17, 15) is 9.59 Å². The number of amides is 2. The number of hydrogen-bond donors (Lipinski definition) is 0. The van der Waals surface area contributed by atoms with E-state index in [2.05, 4.69) is 20.8 Å². The number of benzene rings is 3. The Labute approximate surface area is 200 Å². The van der Waals surface area contributed by atoms with E-state index in [1.165, 1.54) is 16.7 Å². The molecule has 1 aliphatic rings. The second-order valence-corrected chi connectivity index (χ2v) is 10.5. The van der Waals surface area contributed by atoms with Crippen molar-refractivity contribution in [3.63, 3.8) is 0 Å². The normalized spacial score (nSPS) is 14.4. The first-order valence-electron chi connectivity index (χ1n) is 11.1. The number of thioether (sulfide) groups is 1. The molecule has 0 unspecified atom stereocenters. The highest BCUT2D eigenvalue weighted by atomic mass is 32.2. The number of anilines is 1. The summed E-state index contributed by atoms with van der Waals surface area (Å²) in [7, 11) is 0. The average Bonchev–Trinajstić information content (AvgIpc) is 3.03. The molecule has 0 radical (unpaired) electrons. The van der Waals surface area contributed by atoms with Gasteiger partial charge in [-0.25, -0.2) is 4.90 Å². The first-order chi connectivity index (χ1) is 15.7. The fourth-order valence-corrected chi connectivity index (χ4v) is 4.94. The third kappa shape index (κ3) is 4.67. The Morgan fingerprint density at radius 3 is 2.06 bits per heavy atom. The molecule has 33 heavy (non-hydrogen) atoms. The monoisotopic (exact) mass is 455 g/mol. The summed E-state index contributed by atoms with van der Waals surface area (Å²) in [6, 6.07) is 23.7. The van der Waals surface area contributed by atoms with Crippen LogP contribution in [0.1, 0.15) is 48.6 Å². The van der Waals surface area contributed by atoms with E-state index in [0.29, 0.717) is 21.9 Å². The second-order valence-electron chi connectivity index (χ2n) is 9.52. The second kappa shape index (κ2) is 9.03. The van der Waals surface area contributed by atoms with Crippen molar-refractivity contribution in [2.24, 2.45) is 0 Å². The zero-order valence-electron chi connectivity index (χ0n) is 19.8. The van der Waals surface area contributed by atoms with Gasteiger partial charge in [0.2, 0.25) is 0 Å². The van der Waals surface area contributed by atoms with Crippen LogP contribution in [0.25, 0.3) is 5.57 Å².